The number of ether oxygens (including phenoxy) is 2. The molecule has 0 aromatic heterocycles. The van der Waals surface area contributed by atoms with Crippen molar-refractivity contribution >= 4 is 53.0 Å². The summed E-state index contributed by atoms with van der Waals surface area (Å²) in [5, 5.41) is 2.47. The number of benzene rings is 2. The number of hydrogen-bond donors (Lipinski definition) is 3. The highest BCUT2D eigenvalue weighted by Crippen LogP contribution is 2.38. The molecular formula is C41H54ClF3N8O7. The molecule has 3 aliphatic heterocycles. The highest BCUT2D eigenvalue weighted by atomic mass is 35.5. The van der Waals surface area contributed by atoms with Crippen LogP contribution >= 0.6 is 11.6 Å². The number of piperidine rings is 3. The van der Waals surface area contributed by atoms with E-state index in [1.165, 1.54) is 15.9 Å². The molecule has 0 aliphatic carbocycles. The minimum Gasteiger partial charge on any atom is -0.456 e. The van der Waals surface area contributed by atoms with Gasteiger partial charge >= 0.3 is 24.3 Å². The van der Waals surface area contributed by atoms with Gasteiger partial charge in [0, 0.05) is 64.8 Å². The molecule has 3 fully saturated rings. The predicted octanol–water partition coefficient (Wildman–Crippen LogP) is 4.54. The zero-order valence-electron chi connectivity index (χ0n) is 33.9. The Morgan fingerprint density at radius 2 is 1.52 bits per heavy atom. The van der Waals surface area contributed by atoms with E-state index in [2.05, 4.69) is 15.2 Å². The molecule has 5 amide bonds. The molecule has 60 heavy (non-hydrogen) atoms. The molecule has 3 saturated heterocycles. The van der Waals surface area contributed by atoms with Crippen molar-refractivity contribution in [3.63, 3.8) is 0 Å². The number of halogens is 4. The van der Waals surface area contributed by atoms with Gasteiger partial charge in [-0.05, 0) is 81.1 Å². The molecule has 15 nitrogen and oxygen atoms in total. The van der Waals surface area contributed by atoms with Gasteiger partial charge in [-0.25, -0.2) is 9.59 Å². The number of carbonyl (C=O) groups excluding carboxylic acids is 5. The van der Waals surface area contributed by atoms with Gasteiger partial charge in [-0.2, -0.15) is 18.2 Å². The number of alkyl halides is 3. The number of amidine groups is 1. The molecule has 3 heterocycles. The topological polar surface area (TPSA) is 193 Å². The smallest absolute Gasteiger partial charge is 0.418 e. The second kappa shape index (κ2) is 20.9. The summed E-state index contributed by atoms with van der Waals surface area (Å²) in [5.41, 5.74) is 10.5. The van der Waals surface area contributed by atoms with Gasteiger partial charge in [-0.1, -0.05) is 41.9 Å². The van der Waals surface area contributed by atoms with Gasteiger partial charge in [0.05, 0.1) is 22.7 Å². The Hall–Kier alpha value is -5.10. The summed E-state index contributed by atoms with van der Waals surface area (Å²) in [6.45, 7) is 2.99. The first-order valence-electron chi connectivity index (χ1n) is 20.2. The zero-order valence-corrected chi connectivity index (χ0v) is 34.7. The van der Waals surface area contributed by atoms with Crippen molar-refractivity contribution in [2.24, 2.45) is 22.6 Å². The van der Waals surface area contributed by atoms with Crippen molar-refractivity contribution in [2.45, 2.75) is 69.7 Å². The van der Waals surface area contributed by atoms with Crippen LogP contribution in [-0.2, 0) is 36.5 Å². The molecular weight excluding hydrogens is 809 g/mol. The fourth-order valence-corrected chi connectivity index (χ4v) is 8.09. The van der Waals surface area contributed by atoms with Gasteiger partial charge in [-0.15, -0.1) is 0 Å². The maximum Gasteiger partial charge on any atom is 0.418 e. The van der Waals surface area contributed by atoms with Crippen LogP contribution in [-0.4, -0.2) is 134 Å². The van der Waals surface area contributed by atoms with Crippen molar-refractivity contribution in [3.05, 3.63) is 64.2 Å². The molecule has 5 rings (SSSR count). The van der Waals surface area contributed by atoms with Crippen LogP contribution in [0.1, 0.15) is 61.6 Å². The number of urea groups is 1. The minimum absolute atomic E-state index is 0.0291. The number of amides is 5. The van der Waals surface area contributed by atoms with Crippen LogP contribution in [0.4, 0.5) is 28.4 Å². The van der Waals surface area contributed by atoms with E-state index in [1.54, 1.807) is 43.3 Å². The number of aliphatic imine (C=N–C) groups is 1. The van der Waals surface area contributed by atoms with Crippen LogP contribution in [0.3, 0.4) is 0 Å². The molecule has 2 aromatic carbocycles. The zero-order chi connectivity index (χ0) is 43.6. The van der Waals surface area contributed by atoms with Crippen molar-refractivity contribution < 1.29 is 46.6 Å². The largest absolute Gasteiger partial charge is 0.456 e. The molecule has 1 atom stereocenters. The van der Waals surface area contributed by atoms with Crippen LogP contribution < -0.4 is 16.8 Å². The Balaban J connectivity index is 1.16. The highest BCUT2D eigenvalue weighted by Gasteiger charge is 2.38. The van der Waals surface area contributed by atoms with Crippen LogP contribution in [0.25, 0.3) is 0 Å². The number of carbonyl (C=O) groups is 5. The van der Waals surface area contributed by atoms with Crippen molar-refractivity contribution in [1.29, 1.82) is 0 Å². The van der Waals surface area contributed by atoms with E-state index in [-0.39, 0.29) is 60.9 Å². The maximum atomic E-state index is 14.1. The number of nitrogen functional groups attached to an aromatic ring is 1. The average Bonchev–Trinajstić information content (AvgIpc) is 3.23. The summed E-state index contributed by atoms with van der Waals surface area (Å²) in [5.74, 6) is -0.412. The number of rotatable bonds is 12. The number of esters is 1. The molecule has 2 aromatic rings. The van der Waals surface area contributed by atoms with E-state index in [0.29, 0.717) is 62.7 Å². The third-order valence-corrected chi connectivity index (χ3v) is 11.8. The minimum atomic E-state index is -4.81. The molecule has 0 saturated carbocycles. The predicted molar refractivity (Wildman–Crippen MR) is 218 cm³/mol. The number of nitrogens with two attached hydrogens (primary N) is 2. The summed E-state index contributed by atoms with van der Waals surface area (Å²) < 4.78 is 52.5. The Morgan fingerprint density at radius 1 is 0.917 bits per heavy atom. The standard InChI is InChI=1S/C41H54ClF3N8O7/c1-50(2)34(54)25-59-35(55)14-17-51-15-8-27(9-16-51)28-10-18-52(19-11-28)38(56)33(24-26-22-31(41(43,44)45)36(46)32(42)23-26)60-40(58)53-20-12-30(13-21-53)48-39(57)49-37(47)29-6-4-3-5-7-29/h3-7,22-23,27-28,30,33H,8-21,24-25,46H2,1-2H3,(H3,47,48,49,57)/t33-/m1/s1. The molecule has 0 spiro atoms. The molecule has 3 aliphatic rings. The summed E-state index contributed by atoms with van der Waals surface area (Å²) >= 11 is 6.12. The number of nitrogens with one attached hydrogen (secondary N) is 1. The van der Waals surface area contributed by atoms with E-state index in [4.69, 9.17) is 32.5 Å². The Morgan fingerprint density at radius 3 is 2.12 bits per heavy atom. The van der Waals surface area contributed by atoms with Crippen LogP contribution in [0.15, 0.2) is 47.5 Å². The van der Waals surface area contributed by atoms with Crippen molar-refractivity contribution in [3.8, 4) is 0 Å². The van der Waals surface area contributed by atoms with Gasteiger partial charge in [0.1, 0.15) is 5.84 Å². The van der Waals surface area contributed by atoms with Crippen molar-refractivity contribution in [1.82, 2.24) is 24.9 Å². The Kier molecular flexibility index (Phi) is 16.0. The number of hydrogen-bond acceptors (Lipinski definition) is 9. The molecule has 19 heteroatoms. The quantitative estimate of drug-likeness (QED) is 0.118. The molecule has 0 radical (unpaired) electrons. The summed E-state index contributed by atoms with van der Waals surface area (Å²) in [7, 11) is 3.18. The van der Waals surface area contributed by atoms with Crippen molar-refractivity contribution in [2.75, 3.05) is 72.2 Å². The molecule has 328 valence electrons. The lowest BCUT2D eigenvalue weighted by Gasteiger charge is -2.41. The maximum absolute atomic E-state index is 14.1. The van der Waals surface area contributed by atoms with Crippen LogP contribution in [0, 0.1) is 11.8 Å². The first-order chi connectivity index (χ1) is 28.5. The second-order valence-electron chi connectivity index (χ2n) is 15.7. The fraction of sp³-hybridized carbons (Fsp3) is 0.561. The SMILES string of the molecule is CN(C)C(=O)COC(=O)CCN1CCC(C2CCN(C(=O)[C@@H](Cc3cc(Cl)c(N)c(C(F)(F)F)c3)OC(=O)N3CCC(NC(=O)N=C(N)c4ccccc4)CC3)CC2)CC1. The lowest BCUT2D eigenvalue weighted by atomic mass is 9.78. The Labute approximate surface area is 352 Å². The number of likely N-dealkylation sites (tertiary alicyclic amines) is 3. The number of nitrogens with zero attached hydrogens (tertiary/aromatic N) is 5. The van der Waals surface area contributed by atoms with Gasteiger partial charge in [0.15, 0.2) is 12.7 Å². The first kappa shape index (κ1) is 46.0. The lowest BCUT2D eigenvalue weighted by molar-refractivity contribution is -0.151. The molecule has 0 bridgehead atoms. The van der Waals surface area contributed by atoms with Gasteiger partial charge < -0.3 is 45.9 Å². The highest BCUT2D eigenvalue weighted by molar-refractivity contribution is 6.33. The van der Waals surface area contributed by atoms with Gasteiger partial charge in [-0.3, -0.25) is 14.4 Å². The number of anilines is 1. The summed E-state index contributed by atoms with van der Waals surface area (Å²) in [6, 6.07) is 9.95. The van der Waals surface area contributed by atoms with E-state index in [9.17, 15) is 37.1 Å². The third-order valence-electron chi connectivity index (χ3n) is 11.4. The first-order valence-corrected chi connectivity index (χ1v) is 20.5. The monoisotopic (exact) mass is 862 g/mol. The van der Waals surface area contributed by atoms with E-state index >= 15 is 0 Å². The average molecular weight is 863 g/mol. The normalized spacial score (nSPS) is 18.1. The Bertz CT molecular complexity index is 1860. The van der Waals surface area contributed by atoms with Gasteiger partial charge in [0.25, 0.3) is 11.8 Å². The fourth-order valence-electron chi connectivity index (χ4n) is 7.85. The van der Waals surface area contributed by atoms with E-state index in [0.717, 1.165) is 32.0 Å². The number of likely N-dealkylation sites (N-methyl/N-ethyl adjacent to an activating group) is 1. The lowest BCUT2D eigenvalue weighted by Crippen LogP contribution is -2.50. The molecule has 5 N–H and O–H groups in total. The summed E-state index contributed by atoms with van der Waals surface area (Å²) in [4.78, 5) is 74.5. The molecule has 0 unspecified atom stereocenters. The van der Waals surface area contributed by atoms with Crippen LogP contribution in [0.5, 0.6) is 0 Å². The van der Waals surface area contributed by atoms with Crippen LogP contribution in [0.2, 0.25) is 5.02 Å². The second-order valence-corrected chi connectivity index (χ2v) is 16.1. The van der Waals surface area contributed by atoms with E-state index in [1.807, 2.05) is 6.07 Å². The van der Waals surface area contributed by atoms with Gasteiger partial charge in [0.2, 0.25) is 0 Å². The summed E-state index contributed by atoms with van der Waals surface area (Å²) in [6.07, 6.45) is -3.27. The van der Waals surface area contributed by atoms with E-state index < -0.39 is 47.5 Å². The third kappa shape index (κ3) is 12.9.